The van der Waals surface area contributed by atoms with Crippen LogP contribution in [0.5, 0.6) is 0 Å². The zero-order chi connectivity index (χ0) is 15.1. The molecule has 0 aliphatic carbocycles. The molecule has 0 aliphatic heterocycles. The number of hydrogen-bond acceptors (Lipinski definition) is 2. The summed E-state index contributed by atoms with van der Waals surface area (Å²) >= 11 is 0. The summed E-state index contributed by atoms with van der Waals surface area (Å²) in [5.74, 6) is -0.518. The fraction of sp³-hybridized carbons (Fsp3) is 0.353. The molecule has 3 nitrogen and oxygen atoms in total. The normalized spacial score (nSPS) is 10.8. The number of carbonyl (C=O) groups excluding carboxylic acids is 1. The van der Waals surface area contributed by atoms with Crippen molar-refractivity contribution in [2.24, 2.45) is 0 Å². The van der Waals surface area contributed by atoms with Crippen LogP contribution in [0.25, 0.3) is 10.8 Å². The Morgan fingerprint density at radius 2 is 1.90 bits per heavy atom. The molecule has 0 atom stereocenters. The summed E-state index contributed by atoms with van der Waals surface area (Å²) in [7, 11) is 0. The van der Waals surface area contributed by atoms with Crippen LogP contribution in [0.3, 0.4) is 0 Å². The van der Waals surface area contributed by atoms with Crippen LogP contribution >= 0.6 is 0 Å². The van der Waals surface area contributed by atoms with Crippen molar-refractivity contribution in [3.8, 4) is 0 Å². The lowest BCUT2D eigenvalue weighted by Gasteiger charge is -2.09. The predicted molar refractivity (Wildman–Crippen MR) is 82.0 cm³/mol. The number of nitrogens with one attached hydrogen (secondary N) is 1. The SMILES string of the molecule is CCCCOCCNC(=O)c1ccc(F)c2ccccc12. The van der Waals surface area contributed by atoms with E-state index in [0.29, 0.717) is 36.1 Å². The number of halogens is 1. The largest absolute Gasteiger partial charge is 0.380 e. The Morgan fingerprint density at radius 3 is 2.67 bits per heavy atom. The fourth-order valence-corrected chi connectivity index (χ4v) is 2.14. The highest BCUT2D eigenvalue weighted by atomic mass is 19.1. The van der Waals surface area contributed by atoms with E-state index in [1.165, 1.54) is 12.1 Å². The summed E-state index contributed by atoms with van der Waals surface area (Å²) < 4.78 is 19.1. The van der Waals surface area contributed by atoms with E-state index in [2.05, 4.69) is 12.2 Å². The van der Waals surface area contributed by atoms with Gasteiger partial charge in [-0.05, 0) is 23.9 Å². The third kappa shape index (κ3) is 4.02. The predicted octanol–water partition coefficient (Wildman–Crippen LogP) is 3.53. The van der Waals surface area contributed by atoms with Crippen LogP contribution in [0, 0.1) is 5.82 Å². The van der Waals surface area contributed by atoms with Crippen molar-refractivity contribution in [3.05, 3.63) is 47.8 Å². The smallest absolute Gasteiger partial charge is 0.251 e. The Bertz CT molecular complexity index is 613. The van der Waals surface area contributed by atoms with Crippen molar-refractivity contribution in [2.45, 2.75) is 19.8 Å². The monoisotopic (exact) mass is 289 g/mol. The van der Waals surface area contributed by atoms with Gasteiger partial charge in [-0.25, -0.2) is 4.39 Å². The Kier molecular flexibility index (Phi) is 5.69. The van der Waals surface area contributed by atoms with Crippen LogP contribution in [0.2, 0.25) is 0 Å². The first-order valence-corrected chi connectivity index (χ1v) is 7.27. The maximum absolute atomic E-state index is 13.7. The van der Waals surface area contributed by atoms with Crippen LogP contribution in [-0.2, 0) is 4.74 Å². The Hall–Kier alpha value is -1.94. The molecule has 0 aromatic heterocycles. The van der Waals surface area contributed by atoms with E-state index in [1.54, 1.807) is 24.3 Å². The standard InChI is InChI=1S/C17H20FNO2/c1-2-3-11-21-12-10-19-17(20)15-8-9-16(18)14-7-5-4-6-13(14)15/h4-9H,2-3,10-12H2,1H3,(H,19,20). The fourth-order valence-electron chi connectivity index (χ4n) is 2.14. The van der Waals surface area contributed by atoms with Gasteiger partial charge in [-0.3, -0.25) is 4.79 Å². The molecule has 0 saturated heterocycles. The minimum Gasteiger partial charge on any atom is -0.380 e. The lowest BCUT2D eigenvalue weighted by molar-refractivity contribution is 0.0914. The van der Waals surface area contributed by atoms with Gasteiger partial charge >= 0.3 is 0 Å². The second kappa shape index (κ2) is 7.74. The average molecular weight is 289 g/mol. The third-order valence-corrected chi connectivity index (χ3v) is 3.29. The number of unbranched alkanes of at least 4 members (excludes halogenated alkanes) is 1. The molecule has 2 aromatic rings. The second-order valence-corrected chi connectivity index (χ2v) is 4.86. The third-order valence-electron chi connectivity index (χ3n) is 3.29. The van der Waals surface area contributed by atoms with Crippen molar-refractivity contribution in [1.82, 2.24) is 5.32 Å². The van der Waals surface area contributed by atoms with E-state index in [9.17, 15) is 9.18 Å². The van der Waals surface area contributed by atoms with Gasteiger partial charge in [0.1, 0.15) is 5.82 Å². The molecule has 0 spiro atoms. The summed E-state index contributed by atoms with van der Waals surface area (Å²) in [4.78, 5) is 12.2. The second-order valence-electron chi connectivity index (χ2n) is 4.86. The first-order chi connectivity index (χ1) is 10.2. The molecule has 2 rings (SSSR count). The molecule has 1 amide bonds. The van der Waals surface area contributed by atoms with E-state index < -0.39 is 0 Å². The number of carbonyl (C=O) groups is 1. The van der Waals surface area contributed by atoms with Gasteiger partial charge in [-0.15, -0.1) is 0 Å². The van der Waals surface area contributed by atoms with Gasteiger partial charge in [0, 0.05) is 24.1 Å². The van der Waals surface area contributed by atoms with Gasteiger partial charge in [0.15, 0.2) is 0 Å². The molecular formula is C17H20FNO2. The lowest BCUT2D eigenvalue weighted by Crippen LogP contribution is -2.27. The van der Waals surface area contributed by atoms with Crippen LogP contribution in [0.15, 0.2) is 36.4 Å². The zero-order valence-electron chi connectivity index (χ0n) is 12.2. The molecule has 0 bridgehead atoms. The molecule has 0 heterocycles. The highest BCUT2D eigenvalue weighted by Gasteiger charge is 2.11. The Labute approximate surface area is 124 Å². The molecule has 0 aliphatic rings. The van der Waals surface area contributed by atoms with Gasteiger partial charge in [-0.2, -0.15) is 0 Å². The van der Waals surface area contributed by atoms with Gasteiger partial charge in [-0.1, -0.05) is 37.6 Å². The molecule has 0 fully saturated rings. The summed E-state index contributed by atoms with van der Waals surface area (Å²) in [6.07, 6.45) is 2.12. The quantitative estimate of drug-likeness (QED) is 0.792. The molecule has 0 radical (unpaired) electrons. The molecule has 21 heavy (non-hydrogen) atoms. The van der Waals surface area contributed by atoms with Crippen LogP contribution < -0.4 is 5.32 Å². The van der Waals surface area contributed by atoms with Gasteiger partial charge in [0.05, 0.1) is 6.61 Å². The minimum atomic E-state index is -0.315. The van der Waals surface area contributed by atoms with Crippen molar-refractivity contribution in [2.75, 3.05) is 19.8 Å². The van der Waals surface area contributed by atoms with Crippen LogP contribution in [0.1, 0.15) is 30.1 Å². The van der Waals surface area contributed by atoms with Crippen molar-refractivity contribution in [1.29, 1.82) is 0 Å². The van der Waals surface area contributed by atoms with Crippen molar-refractivity contribution >= 4 is 16.7 Å². The molecular weight excluding hydrogens is 269 g/mol. The highest BCUT2D eigenvalue weighted by Crippen LogP contribution is 2.21. The molecule has 2 aromatic carbocycles. The first kappa shape index (κ1) is 15.4. The molecule has 112 valence electrons. The Morgan fingerprint density at radius 1 is 1.14 bits per heavy atom. The van der Waals surface area contributed by atoms with Crippen molar-refractivity contribution < 1.29 is 13.9 Å². The zero-order valence-corrected chi connectivity index (χ0v) is 12.2. The number of ether oxygens (including phenoxy) is 1. The summed E-state index contributed by atoms with van der Waals surface area (Å²) in [5.41, 5.74) is 0.487. The lowest BCUT2D eigenvalue weighted by atomic mass is 10.0. The molecule has 0 unspecified atom stereocenters. The maximum atomic E-state index is 13.7. The van der Waals surface area contributed by atoms with E-state index in [-0.39, 0.29) is 11.7 Å². The summed E-state index contributed by atoms with van der Waals surface area (Å²) in [6, 6.07) is 9.83. The average Bonchev–Trinajstić information content (AvgIpc) is 2.51. The van der Waals surface area contributed by atoms with Crippen LogP contribution in [0.4, 0.5) is 4.39 Å². The Balaban J connectivity index is 1.98. The van der Waals surface area contributed by atoms with Crippen LogP contribution in [-0.4, -0.2) is 25.7 Å². The topological polar surface area (TPSA) is 38.3 Å². The number of amides is 1. The number of benzene rings is 2. The first-order valence-electron chi connectivity index (χ1n) is 7.27. The minimum absolute atomic E-state index is 0.203. The van der Waals surface area contributed by atoms with Gasteiger partial charge in [0.2, 0.25) is 0 Å². The number of fused-ring (bicyclic) bond motifs is 1. The highest BCUT2D eigenvalue weighted by molar-refractivity contribution is 6.07. The summed E-state index contributed by atoms with van der Waals surface area (Å²) in [5, 5.41) is 3.89. The molecule has 0 saturated carbocycles. The van der Waals surface area contributed by atoms with Gasteiger partial charge < -0.3 is 10.1 Å². The number of rotatable bonds is 7. The van der Waals surface area contributed by atoms with E-state index in [4.69, 9.17) is 4.74 Å². The summed E-state index contributed by atoms with van der Waals surface area (Å²) in [6.45, 7) is 3.76. The van der Waals surface area contributed by atoms with E-state index in [0.717, 1.165) is 12.8 Å². The van der Waals surface area contributed by atoms with Crippen molar-refractivity contribution in [3.63, 3.8) is 0 Å². The molecule has 1 N–H and O–H groups in total. The van der Waals surface area contributed by atoms with E-state index in [1.807, 2.05) is 0 Å². The van der Waals surface area contributed by atoms with Gasteiger partial charge in [0.25, 0.3) is 5.91 Å². The maximum Gasteiger partial charge on any atom is 0.251 e. The van der Waals surface area contributed by atoms with E-state index >= 15 is 0 Å². The molecule has 4 heteroatoms. The number of hydrogen-bond donors (Lipinski definition) is 1.